The molecule has 4 nitrogen and oxygen atoms in total. The maximum Gasteiger partial charge on any atom is 0.242 e. The number of halogens is 1. The van der Waals surface area contributed by atoms with Crippen molar-refractivity contribution in [3.05, 3.63) is 23.2 Å². The van der Waals surface area contributed by atoms with Gasteiger partial charge in [0.15, 0.2) is 0 Å². The molecule has 86 valence electrons. The van der Waals surface area contributed by atoms with Gasteiger partial charge in [-0.25, -0.2) is 13.4 Å². The summed E-state index contributed by atoms with van der Waals surface area (Å²) in [6.07, 6.45) is 0. The van der Waals surface area contributed by atoms with Crippen LogP contribution in [0.2, 0.25) is 0 Å². The van der Waals surface area contributed by atoms with Crippen LogP contribution < -0.4 is 4.72 Å². The van der Waals surface area contributed by atoms with E-state index in [2.05, 4.69) is 25.6 Å². The molecule has 0 saturated heterocycles. The third-order valence-corrected chi connectivity index (χ3v) is 5.49. The van der Waals surface area contributed by atoms with Crippen LogP contribution in [0, 0.1) is 6.92 Å². The van der Waals surface area contributed by atoms with Crippen molar-refractivity contribution in [1.29, 1.82) is 0 Å². The summed E-state index contributed by atoms with van der Waals surface area (Å²) in [6.45, 7) is 1.92. The van der Waals surface area contributed by atoms with Crippen LogP contribution in [-0.2, 0) is 10.0 Å². The number of benzene rings is 1. The second kappa shape index (κ2) is 4.31. The third kappa shape index (κ3) is 2.53. The maximum absolute atomic E-state index is 11.3. The molecule has 1 heterocycles. The van der Waals surface area contributed by atoms with Gasteiger partial charge in [-0.15, -0.1) is 11.3 Å². The standard InChI is InChI=1S/C9H9BrN2O2S2/c1-6-11-8-3-2-7(4-9(8)15-6)12-16(13,14)5-10/h2-4,12H,5H2,1H3. The fourth-order valence-corrected chi connectivity index (χ4v) is 3.06. The lowest BCUT2D eigenvalue weighted by Crippen LogP contribution is -2.12. The number of aromatic nitrogens is 1. The molecular weight excluding hydrogens is 312 g/mol. The molecule has 0 fully saturated rings. The lowest BCUT2D eigenvalue weighted by atomic mass is 10.3. The van der Waals surface area contributed by atoms with Crippen molar-refractivity contribution in [2.24, 2.45) is 0 Å². The largest absolute Gasteiger partial charge is 0.283 e. The van der Waals surface area contributed by atoms with Crippen LogP contribution in [0.15, 0.2) is 18.2 Å². The molecule has 0 aliphatic rings. The molecule has 0 saturated carbocycles. The molecule has 2 rings (SSSR count). The first kappa shape index (κ1) is 11.8. The fourth-order valence-electron chi connectivity index (χ4n) is 1.31. The fraction of sp³-hybridized carbons (Fsp3) is 0.222. The molecular formula is C9H9BrN2O2S2. The molecule has 0 aliphatic carbocycles. The van der Waals surface area contributed by atoms with Crippen molar-refractivity contribution < 1.29 is 8.42 Å². The molecule has 16 heavy (non-hydrogen) atoms. The van der Waals surface area contributed by atoms with E-state index in [0.29, 0.717) is 5.69 Å². The molecule has 1 aromatic heterocycles. The van der Waals surface area contributed by atoms with Gasteiger partial charge in [0.1, 0.15) is 4.66 Å². The Bertz CT molecular complexity index is 621. The smallest absolute Gasteiger partial charge is 0.242 e. The van der Waals surface area contributed by atoms with Crippen LogP contribution in [0.1, 0.15) is 5.01 Å². The molecule has 0 bridgehead atoms. The van der Waals surface area contributed by atoms with Crippen molar-refractivity contribution in [3.63, 3.8) is 0 Å². The zero-order valence-electron chi connectivity index (χ0n) is 8.40. The van der Waals surface area contributed by atoms with Crippen molar-refractivity contribution in [3.8, 4) is 0 Å². The molecule has 0 spiro atoms. The number of sulfonamides is 1. The number of aryl methyl sites for hydroxylation is 1. The van der Waals surface area contributed by atoms with E-state index in [0.717, 1.165) is 15.2 Å². The number of hydrogen-bond acceptors (Lipinski definition) is 4. The van der Waals surface area contributed by atoms with Gasteiger partial charge in [-0.1, -0.05) is 15.9 Å². The van der Waals surface area contributed by atoms with Gasteiger partial charge in [-0.2, -0.15) is 0 Å². The minimum atomic E-state index is -3.28. The predicted octanol–water partition coefficient (Wildman–Crippen LogP) is 2.70. The first-order chi connectivity index (χ1) is 7.50. The molecule has 0 atom stereocenters. The average Bonchev–Trinajstić information content (AvgIpc) is 2.57. The van der Waals surface area contributed by atoms with E-state index in [1.807, 2.05) is 13.0 Å². The maximum atomic E-state index is 11.3. The van der Waals surface area contributed by atoms with Crippen molar-refractivity contribution >= 4 is 53.2 Å². The van der Waals surface area contributed by atoms with E-state index in [-0.39, 0.29) is 4.66 Å². The van der Waals surface area contributed by atoms with Crippen LogP contribution in [0.3, 0.4) is 0 Å². The Hall–Kier alpha value is -0.660. The summed E-state index contributed by atoms with van der Waals surface area (Å²) in [5.41, 5.74) is 1.46. The van der Waals surface area contributed by atoms with Gasteiger partial charge in [0.2, 0.25) is 10.0 Å². The number of fused-ring (bicyclic) bond motifs is 1. The topological polar surface area (TPSA) is 59.1 Å². The van der Waals surface area contributed by atoms with E-state index >= 15 is 0 Å². The SMILES string of the molecule is Cc1nc2ccc(NS(=O)(=O)CBr)cc2s1. The highest BCUT2D eigenvalue weighted by atomic mass is 79.9. The van der Waals surface area contributed by atoms with Crippen molar-refractivity contribution in [2.45, 2.75) is 6.92 Å². The highest BCUT2D eigenvalue weighted by Crippen LogP contribution is 2.25. The highest BCUT2D eigenvalue weighted by Gasteiger charge is 2.08. The van der Waals surface area contributed by atoms with Gasteiger partial charge < -0.3 is 0 Å². The lowest BCUT2D eigenvalue weighted by Gasteiger charge is -2.04. The van der Waals surface area contributed by atoms with E-state index in [9.17, 15) is 8.42 Å². The molecule has 0 unspecified atom stereocenters. The van der Waals surface area contributed by atoms with Crippen LogP contribution in [0.4, 0.5) is 5.69 Å². The summed E-state index contributed by atoms with van der Waals surface area (Å²) < 4.78 is 26.0. The van der Waals surface area contributed by atoms with Crippen LogP contribution in [0.5, 0.6) is 0 Å². The molecule has 7 heteroatoms. The molecule has 0 aliphatic heterocycles. The van der Waals surface area contributed by atoms with E-state index in [1.54, 1.807) is 23.5 Å². The zero-order chi connectivity index (χ0) is 11.8. The number of alkyl halides is 1. The second-order valence-electron chi connectivity index (χ2n) is 3.24. The summed E-state index contributed by atoms with van der Waals surface area (Å²) in [7, 11) is -3.28. The molecule has 0 amide bonds. The second-order valence-corrected chi connectivity index (χ2v) is 7.50. The lowest BCUT2D eigenvalue weighted by molar-refractivity contribution is 0.606. The first-order valence-corrected chi connectivity index (χ1v) is 8.03. The molecule has 1 N–H and O–H groups in total. The Morgan fingerprint density at radius 1 is 1.50 bits per heavy atom. The monoisotopic (exact) mass is 320 g/mol. The Labute approximate surface area is 106 Å². The average molecular weight is 321 g/mol. The van der Waals surface area contributed by atoms with Crippen LogP contribution in [0.25, 0.3) is 10.2 Å². The number of nitrogens with zero attached hydrogens (tertiary/aromatic N) is 1. The van der Waals surface area contributed by atoms with E-state index < -0.39 is 10.0 Å². The van der Waals surface area contributed by atoms with Crippen molar-refractivity contribution in [2.75, 3.05) is 9.38 Å². The predicted molar refractivity (Wildman–Crippen MR) is 70.7 cm³/mol. The number of nitrogens with one attached hydrogen (secondary N) is 1. The minimum absolute atomic E-state index is 0.111. The van der Waals surface area contributed by atoms with Gasteiger partial charge in [0.25, 0.3) is 0 Å². The number of hydrogen-bond donors (Lipinski definition) is 1. The quantitative estimate of drug-likeness (QED) is 0.884. The minimum Gasteiger partial charge on any atom is -0.283 e. The molecule has 2 aromatic rings. The zero-order valence-corrected chi connectivity index (χ0v) is 11.6. The number of anilines is 1. The first-order valence-electron chi connectivity index (χ1n) is 4.44. The van der Waals surface area contributed by atoms with Crippen molar-refractivity contribution in [1.82, 2.24) is 4.98 Å². The summed E-state index contributed by atoms with van der Waals surface area (Å²) in [4.78, 5) is 4.30. The van der Waals surface area contributed by atoms with Crippen LogP contribution >= 0.6 is 27.3 Å². The Kier molecular flexibility index (Phi) is 3.18. The molecule has 0 radical (unpaired) electrons. The van der Waals surface area contributed by atoms with Crippen LogP contribution in [-0.4, -0.2) is 18.1 Å². The van der Waals surface area contributed by atoms with Gasteiger partial charge in [-0.05, 0) is 25.1 Å². The number of rotatable bonds is 3. The van der Waals surface area contributed by atoms with Gasteiger partial charge in [0.05, 0.1) is 20.9 Å². The van der Waals surface area contributed by atoms with Gasteiger partial charge in [0, 0.05) is 0 Å². The Morgan fingerprint density at radius 3 is 2.94 bits per heavy atom. The summed E-state index contributed by atoms with van der Waals surface area (Å²) in [6, 6.07) is 5.31. The summed E-state index contributed by atoms with van der Waals surface area (Å²) in [5, 5.41) is 0.968. The van der Waals surface area contributed by atoms with E-state index in [4.69, 9.17) is 0 Å². The normalized spacial score (nSPS) is 11.9. The van der Waals surface area contributed by atoms with E-state index in [1.165, 1.54) is 0 Å². The van der Waals surface area contributed by atoms with Gasteiger partial charge in [-0.3, -0.25) is 4.72 Å². The Morgan fingerprint density at radius 2 is 2.25 bits per heavy atom. The van der Waals surface area contributed by atoms with Gasteiger partial charge >= 0.3 is 0 Å². The Balaban J connectivity index is 2.40. The number of thiazole rings is 1. The summed E-state index contributed by atoms with van der Waals surface area (Å²) >= 11 is 4.46. The summed E-state index contributed by atoms with van der Waals surface area (Å²) in [5.74, 6) is 0. The molecule has 1 aromatic carbocycles. The third-order valence-electron chi connectivity index (χ3n) is 1.91. The highest BCUT2D eigenvalue weighted by molar-refractivity contribution is 9.10.